The zero-order valence-corrected chi connectivity index (χ0v) is 13.3. The SMILES string of the molecule is CC(C)(C)C1=CCN(C(=O)N2CCCCC2C(=O)O)CC1. The predicted octanol–water partition coefficient (Wildman–Crippen LogP) is 2.72. The first-order valence-corrected chi connectivity index (χ1v) is 7.78. The largest absolute Gasteiger partial charge is 0.480 e. The maximum atomic E-state index is 12.6. The van der Waals surface area contributed by atoms with E-state index in [0.717, 1.165) is 19.3 Å². The van der Waals surface area contributed by atoms with Crippen LogP contribution in [0, 0.1) is 5.41 Å². The van der Waals surface area contributed by atoms with E-state index in [1.54, 1.807) is 9.80 Å². The van der Waals surface area contributed by atoms with Gasteiger partial charge in [0.15, 0.2) is 0 Å². The number of amides is 2. The van der Waals surface area contributed by atoms with E-state index in [-0.39, 0.29) is 11.4 Å². The molecule has 5 nitrogen and oxygen atoms in total. The molecule has 1 unspecified atom stereocenters. The third-order valence-electron chi connectivity index (χ3n) is 4.48. The summed E-state index contributed by atoms with van der Waals surface area (Å²) in [4.78, 5) is 27.2. The van der Waals surface area contributed by atoms with Crippen molar-refractivity contribution in [2.75, 3.05) is 19.6 Å². The van der Waals surface area contributed by atoms with Crippen LogP contribution < -0.4 is 0 Å². The monoisotopic (exact) mass is 294 g/mol. The molecule has 1 atom stereocenters. The number of carbonyl (C=O) groups excluding carboxylic acids is 1. The van der Waals surface area contributed by atoms with Gasteiger partial charge in [-0.2, -0.15) is 0 Å². The Morgan fingerprint density at radius 1 is 1.24 bits per heavy atom. The van der Waals surface area contributed by atoms with Crippen LogP contribution in [-0.4, -0.2) is 52.6 Å². The van der Waals surface area contributed by atoms with Crippen LogP contribution >= 0.6 is 0 Å². The molecule has 0 aliphatic carbocycles. The number of aliphatic carboxylic acids is 1. The first kappa shape index (κ1) is 15.9. The number of carboxylic acids is 1. The molecule has 0 aromatic carbocycles. The number of nitrogens with zero attached hydrogens (tertiary/aromatic N) is 2. The van der Waals surface area contributed by atoms with E-state index in [2.05, 4.69) is 26.8 Å². The highest BCUT2D eigenvalue weighted by Gasteiger charge is 2.35. The minimum absolute atomic E-state index is 0.119. The Labute approximate surface area is 126 Å². The van der Waals surface area contributed by atoms with Crippen LogP contribution in [0.25, 0.3) is 0 Å². The van der Waals surface area contributed by atoms with E-state index >= 15 is 0 Å². The van der Waals surface area contributed by atoms with Crippen molar-refractivity contribution in [3.8, 4) is 0 Å². The average molecular weight is 294 g/mol. The van der Waals surface area contributed by atoms with Crippen molar-refractivity contribution in [2.24, 2.45) is 5.41 Å². The maximum Gasteiger partial charge on any atom is 0.326 e. The molecule has 0 aromatic heterocycles. The van der Waals surface area contributed by atoms with Gasteiger partial charge in [0.05, 0.1) is 0 Å². The third kappa shape index (κ3) is 3.57. The fraction of sp³-hybridized carbons (Fsp3) is 0.750. The molecule has 118 valence electrons. The Hall–Kier alpha value is -1.52. The van der Waals surface area contributed by atoms with E-state index in [1.807, 2.05) is 0 Å². The summed E-state index contributed by atoms with van der Waals surface area (Å²) in [5.41, 5.74) is 1.52. The predicted molar refractivity (Wildman–Crippen MR) is 81.1 cm³/mol. The second kappa shape index (κ2) is 6.08. The first-order valence-electron chi connectivity index (χ1n) is 7.78. The van der Waals surface area contributed by atoms with Gasteiger partial charge in [-0.15, -0.1) is 0 Å². The highest BCUT2D eigenvalue weighted by molar-refractivity contribution is 5.83. The quantitative estimate of drug-likeness (QED) is 0.756. The average Bonchev–Trinajstić information content (AvgIpc) is 2.45. The highest BCUT2D eigenvalue weighted by Crippen LogP contribution is 2.30. The van der Waals surface area contributed by atoms with Crippen LogP contribution in [0.4, 0.5) is 4.79 Å². The molecule has 1 saturated heterocycles. The topological polar surface area (TPSA) is 60.9 Å². The summed E-state index contributed by atoms with van der Waals surface area (Å²) in [7, 11) is 0. The minimum Gasteiger partial charge on any atom is -0.480 e. The van der Waals surface area contributed by atoms with Gasteiger partial charge in [-0.1, -0.05) is 32.4 Å². The van der Waals surface area contributed by atoms with Crippen molar-refractivity contribution in [3.63, 3.8) is 0 Å². The molecular weight excluding hydrogens is 268 g/mol. The summed E-state index contributed by atoms with van der Waals surface area (Å²) in [5, 5.41) is 9.28. The lowest BCUT2D eigenvalue weighted by Crippen LogP contribution is -2.54. The van der Waals surface area contributed by atoms with Crippen LogP contribution in [0.3, 0.4) is 0 Å². The smallest absolute Gasteiger partial charge is 0.326 e. The van der Waals surface area contributed by atoms with Crippen molar-refractivity contribution in [2.45, 2.75) is 52.5 Å². The summed E-state index contributed by atoms with van der Waals surface area (Å²) >= 11 is 0. The van der Waals surface area contributed by atoms with Gasteiger partial charge in [-0.05, 0) is 31.1 Å². The molecular formula is C16H26N2O3. The zero-order chi connectivity index (χ0) is 15.6. The van der Waals surface area contributed by atoms with E-state index in [0.29, 0.717) is 26.1 Å². The minimum atomic E-state index is -0.883. The van der Waals surface area contributed by atoms with Crippen LogP contribution in [0.2, 0.25) is 0 Å². The number of hydrogen-bond donors (Lipinski definition) is 1. The molecule has 2 heterocycles. The Morgan fingerprint density at radius 3 is 2.48 bits per heavy atom. The molecule has 1 fully saturated rings. The number of carbonyl (C=O) groups is 2. The number of carboxylic acid groups (broad SMARTS) is 1. The van der Waals surface area contributed by atoms with E-state index in [4.69, 9.17) is 0 Å². The van der Waals surface area contributed by atoms with E-state index < -0.39 is 12.0 Å². The molecule has 1 N–H and O–H groups in total. The Bertz CT molecular complexity index is 451. The van der Waals surface area contributed by atoms with Crippen LogP contribution in [0.1, 0.15) is 46.5 Å². The van der Waals surface area contributed by atoms with E-state index in [1.165, 1.54) is 5.57 Å². The van der Waals surface area contributed by atoms with Gasteiger partial charge in [-0.3, -0.25) is 0 Å². The van der Waals surface area contributed by atoms with Gasteiger partial charge in [-0.25, -0.2) is 9.59 Å². The van der Waals surface area contributed by atoms with Gasteiger partial charge in [0.1, 0.15) is 6.04 Å². The number of hydrogen-bond acceptors (Lipinski definition) is 2. The van der Waals surface area contributed by atoms with Crippen molar-refractivity contribution >= 4 is 12.0 Å². The molecule has 0 saturated carbocycles. The lowest BCUT2D eigenvalue weighted by molar-refractivity contribution is -0.143. The Balaban J connectivity index is 2.04. The summed E-state index contributed by atoms with van der Waals surface area (Å²) in [6.45, 7) is 8.38. The Kier molecular flexibility index (Phi) is 4.59. The highest BCUT2D eigenvalue weighted by atomic mass is 16.4. The summed E-state index contributed by atoms with van der Waals surface area (Å²) in [6, 6.07) is -0.773. The Morgan fingerprint density at radius 2 is 1.95 bits per heavy atom. The molecule has 5 heteroatoms. The standard InChI is InChI=1S/C16H26N2O3/c1-16(2,3)12-7-10-17(11-8-12)15(21)18-9-5-4-6-13(18)14(19)20/h7,13H,4-6,8-11H2,1-3H3,(H,19,20). The molecule has 2 aliphatic rings. The summed E-state index contributed by atoms with van der Waals surface area (Å²) in [6.07, 6.45) is 5.35. The van der Waals surface area contributed by atoms with Crippen LogP contribution in [0.15, 0.2) is 11.6 Å². The van der Waals surface area contributed by atoms with Gasteiger partial charge in [0, 0.05) is 19.6 Å². The zero-order valence-electron chi connectivity index (χ0n) is 13.3. The fourth-order valence-electron chi connectivity index (χ4n) is 3.12. The van der Waals surface area contributed by atoms with Crippen molar-refractivity contribution in [3.05, 3.63) is 11.6 Å². The lowest BCUT2D eigenvalue weighted by atomic mass is 9.83. The van der Waals surface area contributed by atoms with Crippen molar-refractivity contribution in [1.82, 2.24) is 9.80 Å². The number of rotatable bonds is 1. The molecule has 2 rings (SSSR count). The molecule has 0 aromatic rings. The molecule has 2 amide bonds. The third-order valence-corrected chi connectivity index (χ3v) is 4.48. The maximum absolute atomic E-state index is 12.6. The van der Waals surface area contributed by atoms with Gasteiger partial charge < -0.3 is 14.9 Å². The molecule has 0 bridgehead atoms. The first-order chi connectivity index (χ1) is 9.80. The summed E-state index contributed by atoms with van der Waals surface area (Å²) < 4.78 is 0. The molecule has 2 aliphatic heterocycles. The fourth-order valence-corrected chi connectivity index (χ4v) is 3.12. The second-order valence-electron chi connectivity index (χ2n) is 7.00. The lowest BCUT2D eigenvalue weighted by Gasteiger charge is -2.39. The van der Waals surface area contributed by atoms with Crippen LogP contribution in [0.5, 0.6) is 0 Å². The number of likely N-dealkylation sites (tertiary alicyclic amines) is 1. The summed E-state index contributed by atoms with van der Waals surface area (Å²) in [5.74, 6) is -0.883. The molecule has 21 heavy (non-hydrogen) atoms. The van der Waals surface area contributed by atoms with Crippen molar-refractivity contribution in [1.29, 1.82) is 0 Å². The second-order valence-corrected chi connectivity index (χ2v) is 7.00. The molecule has 0 radical (unpaired) electrons. The number of piperidine rings is 1. The number of urea groups is 1. The van der Waals surface area contributed by atoms with E-state index in [9.17, 15) is 14.7 Å². The van der Waals surface area contributed by atoms with Gasteiger partial charge in [0.2, 0.25) is 0 Å². The molecule has 0 spiro atoms. The van der Waals surface area contributed by atoms with Crippen molar-refractivity contribution < 1.29 is 14.7 Å². The normalized spacial score (nSPS) is 23.8. The van der Waals surface area contributed by atoms with Crippen LogP contribution in [-0.2, 0) is 4.79 Å². The van der Waals surface area contributed by atoms with Gasteiger partial charge >= 0.3 is 12.0 Å². The van der Waals surface area contributed by atoms with Gasteiger partial charge in [0.25, 0.3) is 0 Å².